The van der Waals surface area contributed by atoms with Gasteiger partial charge in [-0.3, -0.25) is 4.79 Å². The smallest absolute Gasteiger partial charge is 0.339 e. The van der Waals surface area contributed by atoms with E-state index in [1.807, 2.05) is 53.2 Å². The van der Waals surface area contributed by atoms with Crippen molar-refractivity contribution in [1.82, 2.24) is 9.55 Å². The van der Waals surface area contributed by atoms with Gasteiger partial charge in [0.2, 0.25) is 0 Å². The van der Waals surface area contributed by atoms with E-state index in [0.717, 1.165) is 5.56 Å². The predicted octanol–water partition coefficient (Wildman–Crippen LogP) is 3.01. The van der Waals surface area contributed by atoms with Crippen LogP contribution in [0.4, 0.5) is 0 Å². The Bertz CT molecular complexity index is 1050. The van der Waals surface area contributed by atoms with Crippen molar-refractivity contribution in [2.24, 2.45) is 4.99 Å². The molecule has 6 heteroatoms. The summed E-state index contributed by atoms with van der Waals surface area (Å²) in [4.78, 5) is 31.9. The zero-order chi connectivity index (χ0) is 19.4. The number of ether oxygens (including phenoxy) is 1. The number of benzene rings is 1. The van der Waals surface area contributed by atoms with Crippen LogP contribution < -0.4 is 5.49 Å². The van der Waals surface area contributed by atoms with Crippen LogP contribution in [0.5, 0.6) is 0 Å². The van der Waals surface area contributed by atoms with Gasteiger partial charge in [-0.15, -0.1) is 0 Å². The van der Waals surface area contributed by atoms with Gasteiger partial charge in [-0.1, -0.05) is 36.4 Å². The highest BCUT2D eigenvalue weighted by Gasteiger charge is 2.22. The molecule has 2 heterocycles. The van der Waals surface area contributed by atoms with E-state index in [-0.39, 0.29) is 0 Å². The lowest BCUT2D eigenvalue weighted by molar-refractivity contribution is 0.0599. The minimum absolute atomic E-state index is 0.294. The minimum atomic E-state index is -0.473. The first-order valence-corrected chi connectivity index (χ1v) is 8.57. The van der Waals surface area contributed by atoms with Gasteiger partial charge in [0, 0.05) is 18.4 Å². The van der Waals surface area contributed by atoms with Crippen LogP contribution in [0.25, 0.3) is 0 Å². The summed E-state index contributed by atoms with van der Waals surface area (Å²) < 4.78 is 6.69. The summed E-state index contributed by atoms with van der Waals surface area (Å²) in [6.07, 6.45) is 1.88. The number of esters is 1. The Balaban J connectivity index is 1.99. The maximum Gasteiger partial charge on any atom is 0.339 e. The topological polar surface area (TPSA) is 76.5 Å². The van der Waals surface area contributed by atoms with Crippen LogP contribution in [0, 0.1) is 13.8 Å². The number of amides is 1. The van der Waals surface area contributed by atoms with E-state index < -0.39 is 11.9 Å². The third-order valence-corrected chi connectivity index (χ3v) is 4.37. The van der Waals surface area contributed by atoms with Crippen LogP contribution in [-0.2, 0) is 11.3 Å². The van der Waals surface area contributed by atoms with Gasteiger partial charge in [-0.05, 0) is 37.1 Å². The van der Waals surface area contributed by atoms with Crippen molar-refractivity contribution in [3.8, 4) is 0 Å². The normalized spacial score (nSPS) is 11.4. The van der Waals surface area contributed by atoms with E-state index in [0.29, 0.717) is 34.5 Å². The molecule has 27 heavy (non-hydrogen) atoms. The first kappa shape index (κ1) is 18.4. The van der Waals surface area contributed by atoms with Gasteiger partial charge in [0.25, 0.3) is 5.91 Å². The Morgan fingerprint density at radius 3 is 2.48 bits per heavy atom. The lowest BCUT2D eigenvalue weighted by Crippen LogP contribution is -2.22. The number of rotatable bonds is 4. The van der Waals surface area contributed by atoms with E-state index in [2.05, 4.69) is 9.98 Å². The molecule has 0 aliphatic heterocycles. The van der Waals surface area contributed by atoms with Crippen molar-refractivity contribution in [3.63, 3.8) is 0 Å². The molecule has 1 aromatic carbocycles. The largest absolute Gasteiger partial charge is 0.465 e. The molecule has 0 atom stereocenters. The van der Waals surface area contributed by atoms with E-state index in [4.69, 9.17) is 4.74 Å². The number of nitrogens with one attached hydrogen (secondary N) is 1. The van der Waals surface area contributed by atoms with Crippen molar-refractivity contribution in [1.29, 1.82) is 0 Å². The number of pyridine rings is 1. The number of hydrogen-bond donors (Lipinski definition) is 1. The third-order valence-electron chi connectivity index (χ3n) is 4.37. The van der Waals surface area contributed by atoms with Gasteiger partial charge in [0.15, 0.2) is 0 Å². The van der Waals surface area contributed by atoms with E-state index in [9.17, 15) is 9.59 Å². The summed E-state index contributed by atoms with van der Waals surface area (Å²) in [7, 11) is 1.32. The number of hydrogen-bond acceptors (Lipinski definition) is 3. The molecule has 2 aromatic heterocycles. The lowest BCUT2D eigenvalue weighted by atomic mass is 10.1. The second-order valence-corrected chi connectivity index (χ2v) is 6.21. The van der Waals surface area contributed by atoms with Crippen LogP contribution in [0.3, 0.4) is 0 Å². The maximum absolute atomic E-state index is 12.8. The second-order valence-electron chi connectivity index (χ2n) is 6.21. The molecule has 0 saturated heterocycles. The quantitative estimate of drug-likeness (QED) is 0.724. The predicted molar refractivity (Wildman–Crippen MR) is 101 cm³/mol. The summed E-state index contributed by atoms with van der Waals surface area (Å²) in [5, 5.41) is 0. The van der Waals surface area contributed by atoms with Crippen LogP contribution in [0.2, 0.25) is 0 Å². The molecular weight excluding hydrogens is 342 g/mol. The summed E-state index contributed by atoms with van der Waals surface area (Å²) in [6, 6.07) is 15.5. The molecule has 0 saturated carbocycles. The number of aromatic nitrogens is 2. The zero-order valence-electron chi connectivity index (χ0n) is 15.5. The highest BCUT2D eigenvalue weighted by atomic mass is 16.5. The molecule has 1 N–H and O–H groups in total. The molecule has 138 valence electrons. The Labute approximate surface area is 157 Å². The van der Waals surface area contributed by atoms with Crippen LogP contribution >= 0.6 is 0 Å². The number of methoxy groups -OCH3 is 1. The van der Waals surface area contributed by atoms with Crippen LogP contribution in [0.15, 0.2) is 59.7 Å². The van der Waals surface area contributed by atoms with Gasteiger partial charge >= 0.3 is 5.97 Å². The van der Waals surface area contributed by atoms with E-state index in [1.54, 1.807) is 19.9 Å². The molecule has 6 nitrogen and oxygen atoms in total. The highest BCUT2D eigenvalue weighted by Crippen LogP contribution is 2.19. The summed E-state index contributed by atoms with van der Waals surface area (Å²) in [5.41, 5.74) is 3.45. The first-order valence-electron chi connectivity index (χ1n) is 8.57. The number of carbonyl (C=O) groups excluding carboxylic acids is 2. The van der Waals surface area contributed by atoms with Crippen molar-refractivity contribution in [2.75, 3.05) is 7.11 Å². The molecule has 0 fully saturated rings. The molecule has 1 amide bonds. The maximum atomic E-state index is 12.8. The Hall–Kier alpha value is -3.41. The van der Waals surface area contributed by atoms with Gasteiger partial charge in [-0.2, -0.15) is 4.99 Å². The number of aryl methyl sites for hydroxylation is 1. The highest BCUT2D eigenvalue weighted by molar-refractivity contribution is 6.00. The van der Waals surface area contributed by atoms with Crippen molar-refractivity contribution < 1.29 is 14.3 Å². The standard InChI is InChI=1S/C21H21N3O3/c1-14-18(21(26)27-3)15(2)22-19(14)20(25)23-17-11-7-8-12-24(17)13-16-9-5-4-6-10-16/h4-12,22H,13H2,1-3H3. The monoisotopic (exact) mass is 363 g/mol. The molecule has 0 radical (unpaired) electrons. The van der Waals surface area contributed by atoms with Crippen molar-refractivity contribution >= 4 is 11.9 Å². The van der Waals surface area contributed by atoms with E-state index in [1.165, 1.54) is 7.11 Å². The van der Waals surface area contributed by atoms with Crippen LogP contribution in [0.1, 0.15) is 37.7 Å². The molecule has 3 aromatic rings. The van der Waals surface area contributed by atoms with Crippen molar-refractivity contribution in [3.05, 3.63) is 88.3 Å². The SMILES string of the molecule is COC(=O)c1c(C)[nH]c(C(=O)N=c2ccccn2Cc2ccccc2)c1C. The number of H-pyrrole nitrogens is 1. The fraction of sp³-hybridized carbons (Fsp3) is 0.190. The molecule has 3 rings (SSSR count). The van der Waals surface area contributed by atoms with Gasteiger partial charge in [0.05, 0.1) is 12.7 Å². The molecule has 0 unspecified atom stereocenters. The fourth-order valence-electron chi connectivity index (χ4n) is 3.01. The Morgan fingerprint density at radius 2 is 1.78 bits per heavy atom. The van der Waals surface area contributed by atoms with E-state index >= 15 is 0 Å². The Kier molecular flexibility index (Phi) is 5.35. The fourth-order valence-corrected chi connectivity index (χ4v) is 3.01. The van der Waals surface area contributed by atoms with Crippen molar-refractivity contribution in [2.45, 2.75) is 20.4 Å². The average Bonchev–Trinajstić information content (AvgIpc) is 2.98. The first-order chi connectivity index (χ1) is 13.0. The number of carbonyl (C=O) groups is 2. The average molecular weight is 363 g/mol. The van der Waals surface area contributed by atoms with Crippen LogP contribution in [-0.4, -0.2) is 28.5 Å². The number of nitrogens with zero attached hydrogens (tertiary/aromatic N) is 2. The Morgan fingerprint density at radius 1 is 1.07 bits per heavy atom. The molecule has 0 spiro atoms. The summed E-state index contributed by atoms with van der Waals surface area (Å²) in [5.74, 6) is -0.905. The van der Waals surface area contributed by atoms with Gasteiger partial charge < -0.3 is 14.3 Å². The van der Waals surface area contributed by atoms with Gasteiger partial charge in [0.1, 0.15) is 11.2 Å². The molecular formula is C21H21N3O3. The molecule has 0 aliphatic rings. The summed E-state index contributed by atoms with van der Waals surface area (Å²) in [6.45, 7) is 4.04. The second kappa shape index (κ2) is 7.86. The third kappa shape index (κ3) is 3.89. The molecule has 0 bridgehead atoms. The lowest BCUT2D eigenvalue weighted by Gasteiger charge is -2.07. The zero-order valence-corrected chi connectivity index (χ0v) is 15.5. The molecule has 0 aliphatic carbocycles. The number of aromatic amines is 1. The summed E-state index contributed by atoms with van der Waals surface area (Å²) >= 11 is 0. The minimum Gasteiger partial charge on any atom is -0.465 e. The van der Waals surface area contributed by atoms with Gasteiger partial charge in [-0.25, -0.2) is 4.79 Å².